The van der Waals surface area contributed by atoms with E-state index in [1.807, 2.05) is 5.94 Å². The van der Waals surface area contributed by atoms with Crippen LogP contribution in [0.4, 0.5) is 0 Å². The van der Waals surface area contributed by atoms with Gasteiger partial charge in [-0.3, -0.25) is 4.79 Å². The number of carbonyl (C=O) groups excluding carboxylic acids is 2. The van der Waals surface area contributed by atoms with Gasteiger partial charge in [0.15, 0.2) is 0 Å². The molecule has 0 spiro atoms. The molecule has 2 nitrogen and oxygen atoms in total. The van der Waals surface area contributed by atoms with Gasteiger partial charge in [0, 0.05) is 18.9 Å². The second kappa shape index (κ2) is 10.9. The average Bonchev–Trinajstić information content (AvgIpc) is 2.41. The molecule has 0 aromatic rings. The quantitative estimate of drug-likeness (QED) is 0.640. The first-order valence-corrected chi connectivity index (χ1v) is 8.45. The van der Waals surface area contributed by atoms with E-state index in [1.165, 1.54) is 38.5 Å². The first-order chi connectivity index (χ1) is 9.72. The highest BCUT2D eigenvalue weighted by Crippen LogP contribution is 2.22. The van der Waals surface area contributed by atoms with E-state index in [2.05, 4.69) is 6.92 Å². The van der Waals surface area contributed by atoms with Crippen LogP contribution < -0.4 is 0 Å². The van der Waals surface area contributed by atoms with Crippen molar-refractivity contribution in [2.45, 2.75) is 84.0 Å². The molecule has 0 N–H and O–H groups in total. The lowest BCUT2D eigenvalue weighted by atomic mass is 9.93. The van der Waals surface area contributed by atoms with Gasteiger partial charge in [0.05, 0.1) is 0 Å². The lowest BCUT2D eigenvalue weighted by Gasteiger charge is -2.11. The molecule has 1 saturated carbocycles. The topological polar surface area (TPSA) is 34.1 Å². The van der Waals surface area contributed by atoms with Gasteiger partial charge >= 0.3 is 0 Å². The van der Waals surface area contributed by atoms with Crippen molar-refractivity contribution in [3.05, 3.63) is 6.08 Å². The fraction of sp³-hybridized carbons (Fsp3) is 0.833. The van der Waals surface area contributed by atoms with E-state index in [0.717, 1.165) is 38.5 Å². The molecule has 0 aromatic heterocycles. The molecule has 0 saturated heterocycles. The predicted molar refractivity (Wildman–Crippen MR) is 83.3 cm³/mol. The van der Waals surface area contributed by atoms with E-state index < -0.39 is 0 Å². The van der Waals surface area contributed by atoms with Crippen molar-refractivity contribution < 1.29 is 9.59 Å². The molecule has 0 heterocycles. The van der Waals surface area contributed by atoms with Crippen LogP contribution in [0.5, 0.6) is 0 Å². The van der Waals surface area contributed by atoms with E-state index in [4.69, 9.17) is 0 Å². The fourth-order valence-corrected chi connectivity index (χ4v) is 3.16. The zero-order chi connectivity index (χ0) is 14.6. The molecule has 20 heavy (non-hydrogen) atoms. The summed E-state index contributed by atoms with van der Waals surface area (Å²) in [5.74, 6) is 3.40. The number of hydrogen-bond donors (Lipinski definition) is 0. The van der Waals surface area contributed by atoms with E-state index >= 15 is 0 Å². The summed E-state index contributed by atoms with van der Waals surface area (Å²) in [7, 11) is 0. The summed E-state index contributed by atoms with van der Waals surface area (Å²) in [5, 5.41) is 0. The summed E-state index contributed by atoms with van der Waals surface area (Å²) in [6.45, 7) is 2.20. The number of allylic oxidation sites excluding steroid dienone is 1. The van der Waals surface area contributed by atoms with Crippen LogP contribution in [-0.2, 0) is 9.59 Å². The van der Waals surface area contributed by atoms with Crippen molar-refractivity contribution >= 4 is 11.7 Å². The van der Waals surface area contributed by atoms with Crippen LogP contribution >= 0.6 is 0 Å². The highest BCUT2D eigenvalue weighted by molar-refractivity contribution is 5.78. The number of rotatable bonds is 1. The molecule has 0 aromatic carbocycles. The summed E-state index contributed by atoms with van der Waals surface area (Å²) in [4.78, 5) is 22.4. The van der Waals surface area contributed by atoms with Crippen molar-refractivity contribution in [1.29, 1.82) is 0 Å². The van der Waals surface area contributed by atoms with Crippen molar-refractivity contribution in [3.63, 3.8) is 0 Å². The number of hydrogen-bond acceptors (Lipinski definition) is 2. The van der Waals surface area contributed by atoms with Gasteiger partial charge in [-0.15, -0.1) is 0 Å². The molecule has 2 atom stereocenters. The molecule has 1 aliphatic rings. The summed E-state index contributed by atoms with van der Waals surface area (Å²) in [6, 6.07) is 0. The van der Waals surface area contributed by atoms with E-state index in [0.29, 0.717) is 17.6 Å². The first-order valence-electron chi connectivity index (χ1n) is 8.45. The van der Waals surface area contributed by atoms with Crippen LogP contribution in [0.1, 0.15) is 84.0 Å². The SMILES string of the molecule is CC1CCCCCC(C=C=O)CCCCCCC(=O)C1. The Morgan fingerprint density at radius 2 is 1.55 bits per heavy atom. The average molecular weight is 278 g/mol. The Morgan fingerprint density at radius 1 is 0.950 bits per heavy atom. The smallest absolute Gasteiger partial charge is 0.133 e. The molecular formula is C18H30O2. The minimum absolute atomic E-state index is 0.427. The summed E-state index contributed by atoms with van der Waals surface area (Å²) < 4.78 is 0. The van der Waals surface area contributed by atoms with Crippen molar-refractivity contribution in [3.8, 4) is 0 Å². The molecular weight excluding hydrogens is 248 g/mol. The maximum absolute atomic E-state index is 11.8. The lowest BCUT2D eigenvalue weighted by molar-refractivity contribution is -0.120. The largest absolute Gasteiger partial charge is 0.300 e. The summed E-state index contributed by atoms with van der Waals surface area (Å²) in [6.07, 6.45) is 14.9. The first kappa shape index (κ1) is 17.2. The zero-order valence-electron chi connectivity index (χ0n) is 13.0. The fourth-order valence-electron chi connectivity index (χ4n) is 3.16. The molecule has 0 aliphatic heterocycles. The third kappa shape index (κ3) is 8.32. The van der Waals surface area contributed by atoms with E-state index in [-0.39, 0.29) is 0 Å². The van der Waals surface area contributed by atoms with Gasteiger partial charge in [-0.2, -0.15) is 0 Å². The molecule has 0 bridgehead atoms. The Labute approximate surface area is 124 Å². The Balaban J connectivity index is 2.41. The van der Waals surface area contributed by atoms with Crippen molar-refractivity contribution in [1.82, 2.24) is 0 Å². The molecule has 1 aliphatic carbocycles. The van der Waals surface area contributed by atoms with Gasteiger partial charge in [0.1, 0.15) is 11.7 Å². The Bertz CT molecular complexity index is 315. The summed E-state index contributed by atoms with van der Waals surface area (Å²) in [5.41, 5.74) is 0. The van der Waals surface area contributed by atoms with Crippen LogP contribution in [0.3, 0.4) is 0 Å². The molecule has 1 rings (SSSR count). The van der Waals surface area contributed by atoms with E-state index in [9.17, 15) is 9.59 Å². The number of ketones is 1. The van der Waals surface area contributed by atoms with Gasteiger partial charge in [-0.1, -0.05) is 51.9 Å². The van der Waals surface area contributed by atoms with Crippen molar-refractivity contribution in [2.75, 3.05) is 0 Å². The molecule has 1 fully saturated rings. The summed E-state index contributed by atoms with van der Waals surface area (Å²) >= 11 is 0. The van der Waals surface area contributed by atoms with Gasteiger partial charge in [-0.05, 0) is 31.1 Å². The molecule has 0 amide bonds. The molecule has 2 unspecified atom stereocenters. The normalized spacial score (nSPS) is 27.9. The van der Waals surface area contributed by atoms with Gasteiger partial charge < -0.3 is 0 Å². The van der Waals surface area contributed by atoms with Gasteiger partial charge in [0.2, 0.25) is 0 Å². The van der Waals surface area contributed by atoms with Crippen LogP contribution in [-0.4, -0.2) is 11.7 Å². The van der Waals surface area contributed by atoms with Crippen LogP contribution in [0.2, 0.25) is 0 Å². The van der Waals surface area contributed by atoms with Crippen LogP contribution in [0.15, 0.2) is 6.08 Å². The minimum atomic E-state index is 0.427. The second-order valence-electron chi connectivity index (χ2n) is 6.48. The maximum atomic E-state index is 11.8. The highest BCUT2D eigenvalue weighted by atomic mass is 16.1. The third-order valence-electron chi connectivity index (χ3n) is 4.43. The molecule has 2 heteroatoms. The standard InChI is InChI=1S/C18H30O2/c1-16-9-5-4-7-11-17(13-14-19)10-6-2-3-8-12-18(20)15-16/h13,16-17H,2-12,15H2,1H3. The highest BCUT2D eigenvalue weighted by Gasteiger charge is 2.11. The maximum Gasteiger partial charge on any atom is 0.133 e. The van der Waals surface area contributed by atoms with E-state index in [1.54, 1.807) is 6.08 Å². The molecule has 0 radical (unpaired) electrons. The minimum Gasteiger partial charge on any atom is -0.300 e. The number of carbonyl (C=O) groups is 1. The third-order valence-corrected chi connectivity index (χ3v) is 4.43. The van der Waals surface area contributed by atoms with Crippen LogP contribution in [0, 0.1) is 11.8 Å². The second-order valence-corrected chi connectivity index (χ2v) is 6.48. The molecule has 114 valence electrons. The predicted octanol–water partition coefficient (Wildman–Crippen LogP) is 4.89. The van der Waals surface area contributed by atoms with Crippen molar-refractivity contribution in [2.24, 2.45) is 11.8 Å². The zero-order valence-corrected chi connectivity index (χ0v) is 13.0. The Morgan fingerprint density at radius 3 is 2.25 bits per heavy atom. The number of Topliss-reactive ketones (excluding diaryl/α,β-unsaturated/α-hetero) is 1. The van der Waals surface area contributed by atoms with Gasteiger partial charge in [0.25, 0.3) is 0 Å². The lowest BCUT2D eigenvalue weighted by Crippen LogP contribution is -2.05. The van der Waals surface area contributed by atoms with Crippen LogP contribution in [0.25, 0.3) is 0 Å². The monoisotopic (exact) mass is 278 g/mol. The Hall–Kier alpha value is -0.880. The Kier molecular flexibility index (Phi) is 9.32. The van der Waals surface area contributed by atoms with Gasteiger partial charge in [-0.25, -0.2) is 4.79 Å².